The van der Waals surface area contributed by atoms with Crippen LogP contribution in [0.4, 0.5) is 0 Å². The number of rotatable bonds is 7. The van der Waals surface area contributed by atoms with Gasteiger partial charge in [-0.25, -0.2) is 15.0 Å². The molecule has 0 aliphatic heterocycles. The number of hydrogen-bond acceptors (Lipinski definition) is 5. The molecule has 2 heterocycles. The van der Waals surface area contributed by atoms with Crippen molar-refractivity contribution in [1.29, 1.82) is 5.26 Å². The average molecular weight is 729 g/mol. The van der Waals surface area contributed by atoms with E-state index in [0.717, 1.165) is 72.0 Å². The molecule has 0 spiro atoms. The van der Waals surface area contributed by atoms with Crippen molar-refractivity contribution in [2.45, 2.75) is 0 Å². The molecule has 0 radical (unpaired) electrons. The standard InChI is InChI=1S/C52H32N4O/c53-33-43-16-7-8-21-44(43)40-19-10-20-41(31-40)51-54-50(37-26-24-35(25-27-37)39-18-9-17-38(30-39)34-12-3-1-4-13-34)55-52(56-51)42-28-29-46-48(32-42)57-47-23-11-22-45(49(46)47)36-14-5-2-6-15-36/h1-32H. The summed E-state index contributed by atoms with van der Waals surface area (Å²) in [5.41, 5.74) is 13.3. The van der Waals surface area contributed by atoms with Gasteiger partial charge in [0.25, 0.3) is 0 Å². The first-order chi connectivity index (χ1) is 28.2. The van der Waals surface area contributed by atoms with E-state index in [9.17, 15) is 5.26 Å². The molecule has 10 rings (SSSR count). The van der Waals surface area contributed by atoms with E-state index >= 15 is 0 Å². The van der Waals surface area contributed by atoms with Crippen LogP contribution in [0.3, 0.4) is 0 Å². The number of aromatic nitrogens is 3. The highest BCUT2D eigenvalue weighted by atomic mass is 16.3. The van der Waals surface area contributed by atoms with Crippen LogP contribution in [-0.4, -0.2) is 15.0 Å². The van der Waals surface area contributed by atoms with Crippen molar-refractivity contribution in [2.75, 3.05) is 0 Å². The highest BCUT2D eigenvalue weighted by molar-refractivity contribution is 6.13. The van der Waals surface area contributed by atoms with Gasteiger partial charge in [0.15, 0.2) is 17.5 Å². The maximum absolute atomic E-state index is 9.85. The van der Waals surface area contributed by atoms with Gasteiger partial charge in [-0.1, -0.05) is 158 Å². The predicted molar refractivity (Wildman–Crippen MR) is 230 cm³/mol. The summed E-state index contributed by atoms with van der Waals surface area (Å²) in [6, 6.07) is 68.1. The Labute approximate surface area is 329 Å². The molecule has 0 aliphatic carbocycles. The Morgan fingerprint density at radius 2 is 0.842 bits per heavy atom. The summed E-state index contributed by atoms with van der Waals surface area (Å²) in [6.45, 7) is 0. The van der Waals surface area contributed by atoms with Gasteiger partial charge in [-0.3, -0.25) is 0 Å². The van der Waals surface area contributed by atoms with E-state index in [0.29, 0.717) is 23.0 Å². The minimum absolute atomic E-state index is 0.530. The summed E-state index contributed by atoms with van der Waals surface area (Å²) < 4.78 is 6.49. The molecule has 2 aromatic heterocycles. The van der Waals surface area contributed by atoms with Gasteiger partial charge < -0.3 is 4.42 Å². The van der Waals surface area contributed by atoms with E-state index in [-0.39, 0.29) is 0 Å². The van der Waals surface area contributed by atoms with Gasteiger partial charge in [0.1, 0.15) is 11.2 Å². The third kappa shape index (κ3) is 6.42. The smallest absolute Gasteiger partial charge is 0.164 e. The third-order valence-corrected chi connectivity index (χ3v) is 10.4. The van der Waals surface area contributed by atoms with Crippen molar-refractivity contribution in [3.63, 3.8) is 0 Å². The molecule has 0 N–H and O–H groups in total. The first kappa shape index (κ1) is 33.6. The Morgan fingerprint density at radius 3 is 1.56 bits per heavy atom. The summed E-state index contributed by atoms with van der Waals surface area (Å²) in [5, 5.41) is 12.0. The summed E-state index contributed by atoms with van der Waals surface area (Å²) in [7, 11) is 0. The lowest BCUT2D eigenvalue weighted by Gasteiger charge is -2.11. The summed E-state index contributed by atoms with van der Waals surface area (Å²) in [4.78, 5) is 15.2. The zero-order valence-corrected chi connectivity index (χ0v) is 30.7. The Hall–Kier alpha value is -7.94. The van der Waals surface area contributed by atoms with E-state index in [1.54, 1.807) is 0 Å². The monoisotopic (exact) mass is 728 g/mol. The molecule has 266 valence electrons. The molecule has 0 atom stereocenters. The predicted octanol–water partition coefficient (Wildman–Crippen LogP) is 13.3. The molecular weight excluding hydrogens is 697 g/mol. The normalized spacial score (nSPS) is 11.1. The van der Waals surface area contributed by atoms with Crippen molar-refractivity contribution in [3.05, 3.63) is 200 Å². The fourth-order valence-corrected chi connectivity index (χ4v) is 7.57. The Kier molecular flexibility index (Phi) is 8.48. The van der Waals surface area contributed by atoms with Crippen LogP contribution in [0.2, 0.25) is 0 Å². The zero-order chi connectivity index (χ0) is 38.1. The largest absolute Gasteiger partial charge is 0.456 e. The van der Waals surface area contributed by atoms with Gasteiger partial charge in [0.05, 0.1) is 11.6 Å². The number of nitrogens with zero attached hydrogens (tertiary/aromatic N) is 4. The van der Waals surface area contributed by atoms with Crippen LogP contribution in [0.1, 0.15) is 5.56 Å². The maximum Gasteiger partial charge on any atom is 0.164 e. The minimum atomic E-state index is 0.530. The lowest BCUT2D eigenvalue weighted by molar-refractivity contribution is 0.669. The van der Waals surface area contributed by atoms with Crippen molar-refractivity contribution < 1.29 is 4.42 Å². The first-order valence-electron chi connectivity index (χ1n) is 18.8. The van der Waals surface area contributed by atoms with Crippen molar-refractivity contribution in [2.24, 2.45) is 0 Å². The number of fused-ring (bicyclic) bond motifs is 3. The van der Waals surface area contributed by atoms with Crippen LogP contribution in [-0.2, 0) is 0 Å². The Balaban J connectivity index is 1.09. The van der Waals surface area contributed by atoms with Crippen molar-refractivity contribution in [3.8, 4) is 84.7 Å². The van der Waals surface area contributed by atoms with Crippen LogP contribution in [0.25, 0.3) is 101 Å². The summed E-state index contributed by atoms with van der Waals surface area (Å²) in [5.74, 6) is 1.61. The molecule has 0 bridgehead atoms. The summed E-state index contributed by atoms with van der Waals surface area (Å²) >= 11 is 0. The quantitative estimate of drug-likeness (QED) is 0.163. The van der Waals surface area contributed by atoms with Crippen LogP contribution in [0, 0.1) is 11.3 Å². The van der Waals surface area contributed by atoms with Gasteiger partial charge in [-0.15, -0.1) is 0 Å². The highest BCUT2D eigenvalue weighted by Gasteiger charge is 2.17. The topological polar surface area (TPSA) is 75.6 Å². The molecular formula is C52H32N4O. The van der Waals surface area contributed by atoms with Gasteiger partial charge in [0.2, 0.25) is 0 Å². The molecule has 0 unspecified atom stereocenters. The minimum Gasteiger partial charge on any atom is -0.456 e. The Bertz CT molecular complexity index is 3130. The Morgan fingerprint density at radius 1 is 0.351 bits per heavy atom. The van der Waals surface area contributed by atoms with Crippen molar-refractivity contribution >= 4 is 21.9 Å². The SMILES string of the molecule is N#Cc1ccccc1-c1cccc(-c2nc(-c3ccc(-c4cccc(-c5ccccc5)c4)cc3)nc(-c3ccc4c(c3)oc3cccc(-c5ccccc5)c34)n2)c1. The van der Waals surface area contributed by atoms with Crippen LogP contribution < -0.4 is 0 Å². The number of furan rings is 1. The van der Waals surface area contributed by atoms with Gasteiger partial charge in [0, 0.05) is 27.5 Å². The van der Waals surface area contributed by atoms with E-state index in [1.807, 2.05) is 78.9 Å². The third-order valence-electron chi connectivity index (χ3n) is 10.4. The van der Waals surface area contributed by atoms with E-state index in [4.69, 9.17) is 19.4 Å². The second-order valence-corrected chi connectivity index (χ2v) is 13.9. The molecule has 0 fully saturated rings. The molecule has 0 amide bonds. The number of nitriles is 1. The number of benzene rings is 8. The first-order valence-corrected chi connectivity index (χ1v) is 18.8. The zero-order valence-electron chi connectivity index (χ0n) is 30.7. The lowest BCUT2D eigenvalue weighted by Crippen LogP contribution is -2.00. The molecule has 5 nitrogen and oxygen atoms in total. The highest BCUT2D eigenvalue weighted by Crippen LogP contribution is 2.38. The second kappa shape index (κ2) is 14.4. The molecule has 5 heteroatoms. The molecule has 0 saturated heterocycles. The van der Waals surface area contributed by atoms with E-state index in [1.165, 1.54) is 11.1 Å². The van der Waals surface area contributed by atoms with Crippen LogP contribution in [0.15, 0.2) is 199 Å². The van der Waals surface area contributed by atoms with Gasteiger partial charge >= 0.3 is 0 Å². The van der Waals surface area contributed by atoms with Crippen molar-refractivity contribution in [1.82, 2.24) is 15.0 Å². The van der Waals surface area contributed by atoms with Gasteiger partial charge in [-0.05, 0) is 80.9 Å². The van der Waals surface area contributed by atoms with E-state index in [2.05, 4.69) is 121 Å². The number of hydrogen-bond donors (Lipinski definition) is 0. The van der Waals surface area contributed by atoms with Gasteiger partial charge in [-0.2, -0.15) is 5.26 Å². The molecule has 10 aromatic rings. The maximum atomic E-state index is 9.85. The van der Waals surface area contributed by atoms with E-state index < -0.39 is 0 Å². The molecule has 8 aromatic carbocycles. The average Bonchev–Trinajstić information content (AvgIpc) is 3.68. The summed E-state index contributed by atoms with van der Waals surface area (Å²) in [6.07, 6.45) is 0. The fraction of sp³-hybridized carbons (Fsp3) is 0. The van der Waals surface area contributed by atoms with Crippen LogP contribution in [0.5, 0.6) is 0 Å². The molecule has 0 saturated carbocycles. The molecule has 57 heavy (non-hydrogen) atoms. The van der Waals surface area contributed by atoms with Crippen LogP contribution >= 0.6 is 0 Å². The second-order valence-electron chi connectivity index (χ2n) is 13.9. The molecule has 0 aliphatic rings. The lowest BCUT2D eigenvalue weighted by atomic mass is 9.98. The fourth-order valence-electron chi connectivity index (χ4n) is 7.57.